The Kier molecular flexibility index (Phi) is 5.42. The molecule has 1 aliphatic rings. The Balaban J connectivity index is 1.97. The maximum Gasteiger partial charge on any atom is 0.318 e. The summed E-state index contributed by atoms with van der Waals surface area (Å²) in [6, 6.07) is 8.60. The van der Waals surface area contributed by atoms with E-state index in [0.29, 0.717) is 11.8 Å². The van der Waals surface area contributed by atoms with Crippen LogP contribution in [0.15, 0.2) is 50.8 Å². The van der Waals surface area contributed by atoms with Crippen molar-refractivity contribution in [1.82, 2.24) is 5.32 Å². The van der Waals surface area contributed by atoms with Gasteiger partial charge in [-0.05, 0) is 42.1 Å². The van der Waals surface area contributed by atoms with E-state index >= 15 is 0 Å². The Morgan fingerprint density at radius 3 is 2.43 bits per heavy atom. The van der Waals surface area contributed by atoms with Gasteiger partial charge in [0.15, 0.2) is 5.17 Å². The van der Waals surface area contributed by atoms with Gasteiger partial charge in [-0.2, -0.15) is 0 Å². The van der Waals surface area contributed by atoms with Crippen LogP contribution in [0.3, 0.4) is 0 Å². The molecule has 1 fully saturated rings. The minimum atomic E-state index is -0.938. The first-order chi connectivity index (χ1) is 13.2. The fourth-order valence-corrected chi connectivity index (χ4v) is 3.33. The number of thioether (sulfide) groups is 1. The molecule has 28 heavy (non-hydrogen) atoms. The van der Waals surface area contributed by atoms with Gasteiger partial charge in [0.2, 0.25) is 5.75 Å². The van der Waals surface area contributed by atoms with Crippen LogP contribution in [0.5, 0.6) is 5.75 Å². The number of amides is 1. The molecule has 1 heterocycles. The van der Waals surface area contributed by atoms with E-state index in [1.54, 1.807) is 24.3 Å². The van der Waals surface area contributed by atoms with E-state index in [9.17, 15) is 30.1 Å². The number of carbonyl (C=O) groups is 1. The molecule has 10 nitrogen and oxygen atoms in total. The van der Waals surface area contributed by atoms with Gasteiger partial charge < -0.3 is 10.4 Å². The number of hydrogen-bond donors (Lipinski definition) is 2. The second-order valence-electron chi connectivity index (χ2n) is 5.38. The highest BCUT2D eigenvalue weighted by Gasteiger charge is 2.27. The number of benzene rings is 2. The number of nitrogens with zero attached hydrogens (tertiary/aromatic N) is 3. The van der Waals surface area contributed by atoms with Crippen molar-refractivity contribution in [3.05, 3.63) is 71.6 Å². The monoisotopic (exact) mass is 464 g/mol. The van der Waals surface area contributed by atoms with Crippen molar-refractivity contribution in [2.24, 2.45) is 4.99 Å². The normalized spacial score (nSPS) is 16.4. The van der Waals surface area contributed by atoms with Crippen LogP contribution in [-0.2, 0) is 4.79 Å². The molecule has 1 saturated heterocycles. The number of aromatic hydroxyl groups is 1. The lowest BCUT2D eigenvalue weighted by Crippen LogP contribution is -2.19. The molecule has 2 N–H and O–H groups in total. The van der Waals surface area contributed by atoms with Gasteiger partial charge in [0.1, 0.15) is 0 Å². The topological polar surface area (TPSA) is 148 Å². The third-order valence-corrected chi connectivity index (χ3v) is 4.94. The van der Waals surface area contributed by atoms with Crippen molar-refractivity contribution in [3.8, 4) is 5.75 Å². The molecule has 12 heteroatoms. The molecular formula is C16H9BrN4O6S. The number of carbonyl (C=O) groups excluding carboxylic acids is 1. The van der Waals surface area contributed by atoms with Gasteiger partial charge in [-0.15, -0.1) is 0 Å². The number of halogens is 1. The number of nitrogens with one attached hydrogen (secondary N) is 1. The summed E-state index contributed by atoms with van der Waals surface area (Å²) >= 11 is 4.24. The summed E-state index contributed by atoms with van der Waals surface area (Å²) in [6.07, 6.45) is 1.14. The maximum absolute atomic E-state index is 12.1. The van der Waals surface area contributed by atoms with Gasteiger partial charge in [-0.25, -0.2) is 4.99 Å². The Labute approximate surface area is 169 Å². The lowest BCUT2D eigenvalue weighted by Gasteiger charge is -2.02. The standard InChI is InChI=1S/C16H9BrN4O6S/c17-9-1-3-10(4-2-9)18-16-19-15(23)13(28-16)6-8-5-11(20(24)25)7-12(14(8)22)21(26)27/h1-7,22H,(H,18,19,23)/b13-6+. The molecule has 1 aliphatic heterocycles. The van der Waals surface area contributed by atoms with E-state index in [-0.39, 0.29) is 15.6 Å². The van der Waals surface area contributed by atoms with Crippen molar-refractivity contribution in [2.75, 3.05) is 0 Å². The van der Waals surface area contributed by atoms with Crippen LogP contribution in [0.25, 0.3) is 6.08 Å². The summed E-state index contributed by atoms with van der Waals surface area (Å²) in [6.45, 7) is 0. The number of nitro groups is 2. The number of aliphatic imine (C=N–C) groups is 1. The highest BCUT2D eigenvalue weighted by molar-refractivity contribution is 9.10. The molecule has 0 spiro atoms. The van der Waals surface area contributed by atoms with Gasteiger partial charge in [0.25, 0.3) is 11.6 Å². The van der Waals surface area contributed by atoms with E-state index in [0.717, 1.165) is 28.4 Å². The molecule has 2 aromatic rings. The zero-order valence-electron chi connectivity index (χ0n) is 13.7. The quantitative estimate of drug-likeness (QED) is 0.396. The molecule has 2 aromatic carbocycles. The van der Waals surface area contributed by atoms with Crippen LogP contribution in [0.1, 0.15) is 5.56 Å². The van der Waals surface area contributed by atoms with Crippen LogP contribution in [-0.4, -0.2) is 26.0 Å². The molecule has 0 aliphatic carbocycles. The van der Waals surface area contributed by atoms with E-state index < -0.39 is 32.9 Å². The Morgan fingerprint density at radius 2 is 1.82 bits per heavy atom. The van der Waals surface area contributed by atoms with E-state index in [4.69, 9.17) is 0 Å². The van der Waals surface area contributed by atoms with Crippen molar-refractivity contribution < 1.29 is 19.7 Å². The molecule has 0 bridgehead atoms. The van der Waals surface area contributed by atoms with Crippen molar-refractivity contribution >= 4 is 61.9 Å². The minimum absolute atomic E-state index is 0.0703. The van der Waals surface area contributed by atoms with Crippen molar-refractivity contribution in [3.63, 3.8) is 0 Å². The smallest absolute Gasteiger partial charge is 0.318 e. The lowest BCUT2D eigenvalue weighted by molar-refractivity contribution is -0.394. The predicted molar refractivity (Wildman–Crippen MR) is 106 cm³/mol. The number of phenols is 1. The van der Waals surface area contributed by atoms with Gasteiger partial charge in [-0.1, -0.05) is 15.9 Å². The highest BCUT2D eigenvalue weighted by Crippen LogP contribution is 2.37. The van der Waals surface area contributed by atoms with Crippen LogP contribution >= 0.6 is 27.7 Å². The lowest BCUT2D eigenvalue weighted by atomic mass is 10.1. The van der Waals surface area contributed by atoms with E-state index in [1.807, 2.05) is 0 Å². The van der Waals surface area contributed by atoms with Gasteiger partial charge >= 0.3 is 5.69 Å². The molecular weight excluding hydrogens is 456 g/mol. The summed E-state index contributed by atoms with van der Waals surface area (Å²) in [7, 11) is 0. The number of amidine groups is 1. The minimum Gasteiger partial charge on any atom is -0.502 e. The van der Waals surface area contributed by atoms with E-state index in [2.05, 4.69) is 26.2 Å². The Morgan fingerprint density at radius 1 is 1.14 bits per heavy atom. The zero-order chi connectivity index (χ0) is 20.4. The molecule has 0 aromatic heterocycles. The molecule has 0 unspecified atom stereocenters. The molecule has 3 rings (SSSR count). The van der Waals surface area contributed by atoms with Gasteiger partial charge in [-0.3, -0.25) is 25.0 Å². The first-order valence-corrected chi connectivity index (χ1v) is 9.06. The summed E-state index contributed by atoms with van der Waals surface area (Å²) < 4.78 is 0.864. The molecule has 0 saturated carbocycles. The second-order valence-corrected chi connectivity index (χ2v) is 7.32. The van der Waals surface area contributed by atoms with Crippen LogP contribution in [0.2, 0.25) is 0 Å². The largest absolute Gasteiger partial charge is 0.502 e. The summed E-state index contributed by atoms with van der Waals surface area (Å²) in [5, 5.41) is 34.9. The predicted octanol–water partition coefficient (Wildman–Crippen LogP) is 3.86. The van der Waals surface area contributed by atoms with Crippen molar-refractivity contribution in [1.29, 1.82) is 0 Å². The fourth-order valence-electron chi connectivity index (χ4n) is 2.23. The average molecular weight is 465 g/mol. The van der Waals surface area contributed by atoms with E-state index in [1.165, 1.54) is 0 Å². The zero-order valence-corrected chi connectivity index (χ0v) is 16.1. The van der Waals surface area contributed by atoms with Crippen LogP contribution in [0.4, 0.5) is 17.1 Å². The maximum atomic E-state index is 12.1. The fraction of sp³-hybridized carbons (Fsp3) is 0. The first-order valence-electron chi connectivity index (χ1n) is 7.45. The summed E-state index contributed by atoms with van der Waals surface area (Å²) in [4.78, 5) is 36.7. The number of non-ortho nitro benzene ring substituents is 1. The number of phenolic OH excluding ortho intramolecular Hbond substituents is 1. The molecule has 142 valence electrons. The molecule has 1 amide bonds. The average Bonchev–Trinajstić information content (AvgIpc) is 2.97. The van der Waals surface area contributed by atoms with Crippen molar-refractivity contribution in [2.45, 2.75) is 0 Å². The second kappa shape index (κ2) is 7.78. The van der Waals surface area contributed by atoms with Crippen LogP contribution in [0, 0.1) is 20.2 Å². The molecule has 0 atom stereocenters. The van der Waals surface area contributed by atoms with Crippen LogP contribution < -0.4 is 5.32 Å². The van der Waals surface area contributed by atoms with Gasteiger partial charge in [0.05, 0.1) is 26.5 Å². The Bertz CT molecular complexity index is 1070. The first kappa shape index (κ1) is 19.5. The third-order valence-electron chi connectivity index (χ3n) is 3.51. The Hall–Kier alpha value is -3.25. The van der Waals surface area contributed by atoms with Gasteiger partial charge in [0, 0.05) is 16.1 Å². The summed E-state index contributed by atoms with van der Waals surface area (Å²) in [5.74, 6) is -1.32. The third kappa shape index (κ3) is 4.18. The number of nitro benzene ring substituents is 2. The SMILES string of the molecule is O=C1NC(=Nc2ccc(Br)cc2)S/C1=C/c1cc([N+](=O)[O-])cc([N+](=O)[O-])c1O. The number of hydrogen-bond acceptors (Lipinski definition) is 8. The molecule has 0 radical (unpaired) electrons. The highest BCUT2D eigenvalue weighted by atomic mass is 79.9. The number of rotatable bonds is 4. The summed E-state index contributed by atoms with van der Waals surface area (Å²) in [5.41, 5.74) is -1.04.